The number of benzene rings is 2. The van der Waals surface area contributed by atoms with Gasteiger partial charge in [0.1, 0.15) is 11.4 Å². The summed E-state index contributed by atoms with van der Waals surface area (Å²) in [5.41, 5.74) is 2.27. The Morgan fingerprint density at radius 2 is 1.59 bits per heavy atom. The van der Waals surface area contributed by atoms with Gasteiger partial charge in [0.2, 0.25) is 5.91 Å². The zero-order valence-corrected chi connectivity index (χ0v) is 16.8. The second-order valence-corrected chi connectivity index (χ2v) is 6.67. The van der Waals surface area contributed by atoms with E-state index in [1.165, 1.54) is 6.20 Å². The van der Waals surface area contributed by atoms with Crippen molar-refractivity contribution in [3.05, 3.63) is 78.0 Å². The first-order chi connectivity index (χ1) is 14.1. The first kappa shape index (κ1) is 20.3. The van der Waals surface area contributed by atoms with E-state index in [1.807, 2.05) is 74.5 Å². The summed E-state index contributed by atoms with van der Waals surface area (Å²) in [6, 6.07) is 19.3. The first-order valence-electron chi connectivity index (χ1n) is 9.90. The lowest BCUT2D eigenvalue weighted by Crippen LogP contribution is -2.31. The van der Waals surface area contributed by atoms with Crippen molar-refractivity contribution in [3.63, 3.8) is 0 Å². The highest BCUT2D eigenvalue weighted by Gasteiger charge is 2.23. The van der Waals surface area contributed by atoms with Crippen LogP contribution < -0.4 is 5.32 Å². The molecule has 1 N–H and O–H groups in total. The molecule has 3 aromatic rings. The number of aryl methyl sites for hydroxylation is 1. The van der Waals surface area contributed by atoms with Gasteiger partial charge < -0.3 is 10.2 Å². The lowest BCUT2D eigenvalue weighted by atomic mass is 10.1. The predicted molar refractivity (Wildman–Crippen MR) is 114 cm³/mol. The summed E-state index contributed by atoms with van der Waals surface area (Å²) in [6.07, 6.45) is 2.48. The molecular formula is C23H26N4O2. The van der Waals surface area contributed by atoms with Crippen LogP contribution in [0.2, 0.25) is 0 Å². The standard InChI is InChI=1S/C23H26N4O2/c1-3-26(4-2)23(29)20-17-24-27(19-13-9-6-10-14-19)22(20)25-21(28)16-15-18-11-7-5-8-12-18/h5-14,17H,3-4,15-16H2,1-2H3,(H,25,28). The van der Waals surface area contributed by atoms with E-state index in [1.54, 1.807) is 9.58 Å². The van der Waals surface area contributed by atoms with Crippen LogP contribution in [0.25, 0.3) is 5.69 Å². The summed E-state index contributed by atoms with van der Waals surface area (Å²) in [7, 11) is 0. The number of aromatic nitrogens is 2. The number of anilines is 1. The maximum atomic E-state index is 13.0. The van der Waals surface area contributed by atoms with Crippen LogP contribution in [0.5, 0.6) is 0 Å². The average Bonchev–Trinajstić information content (AvgIpc) is 3.17. The van der Waals surface area contributed by atoms with Crippen LogP contribution in [0, 0.1) is 0 Å². The summed E-state index contributed by atoms with van der Waals surface area (Å²) in [4.78, 5) is 27.3. The Bertz CT molecular complexity index is 948. The quantitative estimate of drug-likeness (QED) is 0.634. The van der Waals surface area contributed by atoms with E-state index in [9.17, 15) is 9.59 Å². The highest BCUT2D eigenvalue weighted by atomic mass is 16.2. The van der Waals surface area contributed by atoms with Gasteiger partial charge in [-0.2, -0.15) is 5.10 Å². The van der Waals surface area contributed by atoms with E-state index in [-0.39, 0.29) is 11.8 Å². The third-order valence-corrected chi connectivity index (χ3v) is 4.79. The van der Waals surface area contributed by atoms with Crippen LogP contribution in [-0.2, 0) is 11.2 Å². The SMILES string of the molecule is CCN(CC)C(=O)c1cnn(-c2ccccc2)c1NC(=O)CCc1ccccc1. The average molecular weight is 390 g/mol. The molecule has 1 aromatic heterocycles. The van der Waals surface area contributed by atoms with Crippen molar-refractivity contribution in [3.8, 4) is 5.69 Å². The van der Waals surface area contributed by atoms with E-state index in [4.69, 9.17) is 0 Å². The maximum absolute atomic E-state index is 13.0. The van der Waals surface area contributed by atoms with E-state index in [2.05, 4.69) is 10.4 Å². The Kier molecular flexibility index (Phi) is 6.79. The molecule has 0 unspecified atom stereocenters. The molecule has 0 aliphatic heterocycles. The largest absolute Gasteiger partial charge is 0.339 e. The van der Waals surface area contributed by atoms with Gasteiger partial charge in [0.15, 0.2) is 0 Å². The molecule has 3 rings (SSSR count). The van der Waals surface area contributed by atoms with Crippen LogP contribution in [0.4, 0.5) is 5.82 Å². The minimum absolute atomic E-state index is 0.143. The van der Waals surface area contributed by atoms with Crippen LogP contribution in [0.3, 0.4) is 0 Å². The third-order valence-electron chi connectivity index (χ3n) is 4.79. The summed E-state index contributed by atoms with van der Waals surface area (Å²) in [5, 5.41) is 7.31. The Morgan fingerprint density at radius 3 is 2.21 bits per heavy atom. The lowest BCUT2D eigenvalue weighted by molar-refractivity contribution is -0.116. The number of amides is 2. The second kappa shape index (κ2) is 9.68. The molecule has 0 aliphatic rings. The number of hydrogen-bond donors (Lipinski definition) is 1. The Morgan fingerprint density at radius 1 is 0.966 bits per heavy atom. The topological polar surface area (TPSA) is 67.2 Å². The van der Waals surface area contributed by atoms with Gasteiger partial charge in [-0.3, -0.25) is 9.59 Å². The molecule has 0 atom stereocenters. The Balaban J connectivity index is 1.86. The monoisotopic (exact) mass is 390 g/mol. The van der Waals surface area contributed by atoms with Crippen molar-refractivity contribution in [2.75, 3.05) is 18.4 Å². The third kappa shape index (κ3) is 4.90. The van der Waals surface area contributed by atoms with Gasteiger partial charge in [-0.05, 0) is 38.0 Å². The fraction of sp³-hybridized carbons (Fsp3) is 0.261. The lowest BCUT2D eigenvalue weighted by Gasteiger charge is -2.19. The molecular weight excluding hydrogens is 364 g/mol. The van der Waals surface area contributed by atoms with Crippen molar-refractivity contribution in [2.24, 2.45) is 0 Å². The van der Waals surface area contributed by atoms with Crippen molar-refractivity contribution >= 4 is 17.6 Å². The number of hydrogen-bond acceptors (Lipinski definition) is 3. The number of nitrogens with zero attached hydrogens (tertiary/aromatic N) is 3. The molecule has 6 nitrogen and oxygen atoms in total. The maximum Gasteiger partial charge on any atom is 0.259 e. The second-order valence-electron chi connectivity index (χ2n) is 6.67. The molecule has 150 valence electrons. The molecule has 0 bridgehead atoms. The normalized spacial score (nSPS) is 10.6. The van der Waals surface area contributed by atoms with Gasteiger partial charge in [-0.15, -0.1) is 0 Å². The molecule has 0 radical (unpaired) electrons. The highest BCUT2D eigenvalue weighted by Crippen LogP contribution is 2.22. The molecule has 6 heteroatoms. The molecule has 2 amide bonds. The Hall–Kier alpha value is -3.41. The highest BCUT2D eigenvalue weighted by molar-refractivity contribution is 6.03. The number of rotatable bonds is 8. The number of nitrogens with one attached hydrogen (secondary N) is 1. The predicted octanol–water partition coefficient (Wildman–Crippen LogP) is 3.93. The van der Waals surface area contributed by atoms with Crippen molar-refractivity contribution < 1.29 is 9.59 Å². The molecule has 0 spiro atoms. The molecule has 0 aliphatic carbocycles. The fourth-order valence-electron chi connectivity index (χ4n) is 3.17. The van der Waals surface area contributed by atoms with Gasteiger partial charge >= 0.3 is 0 Å². The van der Waals surface area contributed by atoms with Crippen molar-refractivity contribution in [2.45, 2.75) is 26.7 Å². The van der Waals surface area contributed by atoms with Crippen LogP contribution in [0.15, 0.2) is 66.9 Å². The number of carbonyl (C=O) groups excluding carboxylic acids is 2. The number of para-hydroxylation sites is 1. The molecule has 2 aromatic carbocycles. The first-order valence-corrected chi connectivity index (χ1v) is 9.90. The molecule has 0 saturated heterocycles. The smallest absolute Gasteiger partial charge is 0.259 e. The van der Waals surface area contributed by atoms with E-state index < -0.39 is 0 Å². The van der Waals surface area contributed by atoms with Crippen molar-refractivity contribution in [1.29, 1.82) is 0 Å². The minimum Gasteiger partial charge on any atom is -0.339 e. The van der Waals surface area contributed by atoms with Gasteiger partial charge in [0, 0.05) is 19.5 Å². The van der Waals surface area contributed by atoms with Crippen LogP contribution >= 0.6 is 0 Å². The molecule has 1 heterocycles. The van der Waals surface area contributed by atoms with E-state index in [0.717, 1.165) is 11.3 Å². The molecule has 29 heavy (non-hydrogen) atoms. The summed E-state index contributed by atoms with van der Waals surface area (Å²) < 4.78 is 1.61. The van der Waals surface area contributed by atoms with Crippen LogP contribution in [-0.4, -0.2) is 39.6 Å². The van der Waals surface area contributed by atoms with Gasteiger partial charge in [-0.25, -0.2) is 4.68 Å². The van der Waals surface area contributed by atoms with Gasteiger partial charge in [0.25, 0.3) is 5.91 Å². The van der Waals surface area contributed by atoms with Gasteiger partial charge in [0.05, 0.1) is 11.9 Å². The van der Waals surface area contributed by atoms with E-state index in [0.29, 0.717) is 37.3 Å². The van der Waals surface area contributed by atoms with E-state index >= 15 is 0 Å². The summed E-state index contributed by atoms with van der Waals surface area (Å²) in [5.74, 6) is 0.113. The van der Waals surface area contributed by atoms with Crippen LogP contribution in [0.1, 0.15) is 36.2 Å². The summed E-state index contributed by atoms with van der Waals surface area (Å²) in [6.45, 7) is 5.04. The zero-order valence-electron chi connectivity index (χ0n) is 16.8. The van der Waals surface area contributed by atoms with Crippen molar-refractivity contribution in [1.82, 2.24) is 14.7 Å². The Labute approximate surface area is 171 Å². The summed E-state index contributed by atoms with van der Waals surface area (Å²) >= 11 is 0. The van der Waals surface area contributed by atoms with Gasteiger partial charge in [-0.1, -0.05) is 48.5 Å². The number of carbonyl (C=O) groups is 2. The minimum atomic E-state index is -0.153. The molecule has 0 fully saturated rings. The fourth-order valence-corrected chi connectivity index (χ4v) is 3.17. The zero-order chi connectivity index (χ0) is 20.6. The molecule has 0 saturated carbocycles.